The lowest BCUT2D eigenvalue weighted by molar-refractivity contribution is -0.132. The highest BCUT2D eigenvalue weighted by molar-refractivity contribution is 5.78. The Labute approximate surface area is 146 Å². The molecule has 1 fully saturated rings. The van der Waals surface area contributed by atoms with Crippen LogP contribution < -0.4 is 4.74 Å². The van der Waals surface area contributed by atoms with Gasteiger partial charge in [0.1, 0.15) is 17.6 Å². The van der Waals surface area contributed by atoms with Crippen molar-refractivity contribution in [3.05, 3.63) is 53.8 Å². The Morgan fingerprint density at radius 1 is 1.32 bits per heavy atom. The maximum absolute atomic E-state index is 13.8. The van der Waals surface area contributed by atoms with Crippen molar-refractivity contribution >= 4 is 5.91 Å². The number of aliphatic hydroxyl groups excluding tert-OH is 1. The third-order valence-electron chi connectivity index (χ3n) is 4.32. The number of halogens is 1. The van der Waals surface area contributed by atoms with Crippen molar-refractivity contribution in [2.24, 2.45) is 0 Å². The molecule has 5 nitrogen and oxygen atoms in total. The van der Waals surface area contributed by atoms with Crippen molar-refractivity contribution in [1.29, 1.82) is 0 Å². The van der Waals surface area contributed by atoms with E-state index in [0.29, 0.717) is 37.4 Å². The second-order valence-corrected chi connectivity index (χ2v) is 6.16. The van der Waals surface area contributed by atoms with Crippen LogP contribution in [0.5, 0.6) is 5.75 Å². The van der Waals surface area contributed by atoms with Gasteiger partial charge in [-0.3, -0.25) is 4.79 Å². The largest absolute Gasteiger partial charge is 0.490 e. The fourth-order valence-electron chi connectivity index (χ4n) is 2.87. The molecule has 0 spiro atoms. The highest BCUT2D eigenvalue weighted by atomic mass is 19.1. The molecule has 1 aliphatic carbocycles. The van der Waals surface area contributed by atoms with Crippen LogP contribution in [-0.2, 0) is 16.1 Å². The van der Waals surface area contributed by atoms with E-state index in [-0.39, 0.29) is 25.2 Å². The summed E-state index contributed by atoms with van der Waals surface area (Å²) in [4.78, 5) is 13.9. The van der Waals surface area contributed by atoms with Crippen molar-refractivity contribution < 1.29 is 23.8 Å². The van der Waals surface area contributed by atoms with Gasteiger partial charge in [0.05, 0.1) is 13.2 Å². The van der Waals surface area contributed by atoms with Crippen molar-refractivity contribution in [2.75, 3.05) is 19.7 Å². The van der Waals surface area contributed by atoms with E-state index in [2.05, 4.69) is 0 Å². The topological polar surface area (TPSA) is 59.0 Å². The molecule has 1 N–H and O–H groups in total. The summed E-state index contributed by atoms with van der Waals surface area (Å²) in [6.45, 7) is 0.943. The summed E-state index contributed by atoms with van der Waals surface area (Å²) in [6, 6.07) is 6.94. The molecule has 1 aromatic carbocycles. The van der Waals surface area contributed by atoms with E-state index in [4.69, 9.17) is 14.6 Å². The average molecular weight is 347 g/mol. The monoisotopic (exact) mass is 347 g/mol. The maximum Gasteiger partial charge on any atom is 0.260 e. The molecule has 0 bridgehead atoms. The summed E-state index contributed by atoms with van der Waals surface area (Å²) in [7, 11) is 0. The first-order chi connectivity index (χ1) is 12.2. The van der Waals surface area contributed by atoms with E-state index >= 15 is 0 Å². The van der Waals surface area contributed by atoms with E-state index < -0.39 is 6.17 Å². The SMILES string of the molecule is O=C(COc1ccc(CO)cc1)N1CCC(OC2=CC=CCC2F)C1. The Balaban J connectivity index is 1.45. The van der Waals surface area contributed by atoms with Crippen LogP contribution in [0.4, 0.5) is 4.39 Å². The fourth-order valence-corrected chi connectivity index (χ4v) is 2.87. The molecule has 0 radical (unpaired) electrons. The molecule has 2 unspecified atom stereocenters. The van der Waals surface area contributed by atoms with Gasteiger partial charge in [-0.05, 0) is 23.8 Å². The van der Waals surface area contributed by atoms with E-state index in [1.165, 1.54) is 0 Å². The van der Waals surface area contributed by atoms with Crippen LogP contribution in [0.15, 0.2) is 48.3 Å². The zero-order valence-electron chi connectivity index (χ0n) is 13.9. The van der Waals surface area contributed by atoms with Gasteiger partial charge in [-0.1, -0.05) is 24.3 Å². The number of benzene rings is 1. The summed E-state index contributed by atoms with van der Waals surface area (Å²) in [5, 5.41) is 9.00. The number of alkyl halides is 1. The number of ether oxygens (including phenoxy) is 2. The predicted molar refractivity (Wildman–Crippen MR) is 90.7 cm³/mol. The lowest BCUT2D eigenvalue weighted by Gasteiger charge is -2.21. The zero-order chi connectivity index (χ0) is 17.6. The molecule has 1 heterocycles. The molecular weight excluding hydrogens is 325 g/mol. The molecule has 2 aliphatic rings. The summed E-state index contributed by atoms with van der Waals surface area (Å²) >= 11 is 0. The minimum atomic E-state index is -1.10. The third-order valence-corrected chi connectivity index (χ3v) is 4.32. The van der Waals surface area contributed by atoms with Gasteiger partial charge in [0.15, 0.2) is 12.8 Å². The molecule has 0 saturated carbocycles. The Morgan fingerprint density at radius 2 is 2.12 bits per heavy atom. The van der Waals surface area contributed by atoms with Crippen LogP contribution in [0, 0.1) is 0 Å². The second kappa shape index (κ2) is 8.16. The molecule has 6 heteroatoms. The van der Waals surface area contributed by atoms with Crippen molar-refractivity contribution in [3.63, 3.8) is 0 Å². The average Bonchev–Trinajstić information content (AvgIpc) is 3.11. The quantitative estimate of drug-likeness (QED) is 0.858. The fraction of sp³-hybridized carbons (Fsp3) is 0.421. The Morgan fingerprint density at radius 3 is 2.84 bits per heavy atom. The number of carbonyl (C=O) groups excluding carboxylic acids is 1. The van der Waals surface area contributed by atoms with E-state index in [0.717, 1.165) is 5.56 Å². The molecule has 25 heavy (non-hydrogen) atoms. The highest BCUT2D eigenvalue weighted by Crippen LogP contribution is 2.23. The lowest BCUT2D eigenvalue weighted by atomic mass is 10.1. The van der Waals surface area contributed by atoms with Crippen LogP contribution in [0.3, 0.4) is 0 Å². The van der Waals surface area contributed by atoms with Gasteiger partial charge in [-0.15, -0.1) is 0 Å². The number of aliphatic hydroxyl groups is 1. The van der Waals surface area contributed by atoms with Gasteiger partial charge in [-0.2, -0.15) is 0 Å². The van der Waals surface area contributed by atoms with E-state index in [1.54, 1.807) is 47.4 Å². The number of hydrogen-bond acceptors (Lipinski definition) is 4. The van der Waals surface area contributed by atoms with Crippen molar-refractivity contribution in [2.45, 2.75) is 31.7 Å². The summed E-state index contributed by atoms with van der Waals surface area (Å²) < 4.78 is 25.0. The normalized spacial score (nSPS) is 22.6. The van der Waals surface area contributed by atoms with Crippen molar-refractivity contribution in [3.8, 4) is 5.75 Å². The molecule has 134 valence electrons. The Kier molecular flexibility index (Phi) is 5.71. The predicted octanol–water partition coefficient (Wildman–Crippen LogP) is 2.36. The van der Waals surface area contributed by atoms with Crippen LogP contribution in [0.1, 0.15) is 18.4 Å². The van der Waals surface area contributed by atoms with E-state index in [9.17, 15) is 9.18 Å². The van der Waals surface area contributed by atoms with E-state index in [1.807, 2.05) is 0 Å². The number of allylic oxidation sites excluding steroid dienone is 4. The Bertz CT molecular complexity index is 656. The standard InChI is InChI=1S/C19H22FNO4/c20-17-3-1-2-4-18(17)25-16-9-10-21(11-16)19(23)13-24-15-7-5-14(12-22)6-8-15/h1-2,4-8,16-17,22H,3,9-13H2. The van der Waals surface area contributed by atoms with Gasteiger partial charge in [-0.25, -0.2) is 4.39 Å². The first kappa shape index (κ1) is 17.5. The minimum Gasteiger partial charge on any atom is -0.490 e. The molecule has 1 aromatic rings. The zero-order valence-corrected chi connectivity index (χ0v) is 13.9. The number of carbonyl (C=O) groups is 1. The molecule has 3 rings (SSSR count). The number of amides is 1. The lowest BCUT2D eigenvalue weighted by Crippen LogP contribution is -2.34. The molecule has 1 aliphatic heterocycles. The summed E-state index contributed by atoms with van der Waals surface area (Å²) in [5.41, 5.74) is 0.788. The number of likely N-dealkylation sites (tertiary alicyclic amines) is 1. The summed E-state index contributed by atoms with van der Waals surface area (Å²) in [5.74, 6) is 0.811. The van der Waals surface area contributed by atoms with Crippen LogP contribution in [0.2, 0.25) is 0 Å². The van der Waals surface area contributed by atoms with Gasteiger partial charge in [0.2, 0.25) is 0 Å². The van der Waals surface area contributed by atoms with Gasteiger partial charge in [0, 0.05) is 19.4 Å². The number of hydrogen-bond donors (Lipinski definition) is 1. The van der Waals surface area contributed by atoms with Crippen LogP contribution in [-0.4, -0.2) is 47.9 Å². The first-order valence-electron chi connectivity index (χ1n) is 8.43. The second-order valence-electron chi connectivity index (χ2n) is 6.16. The first-order valence-corrected chi connectivity index (χ1v) is 8.43. The maximum atomic E-state index is 13.8. The number of nitrogens with zero attached hydrogens (tertiary/aromatic N) is 1. The van der Waals surface area contributed by atoms with Gasteiger partial charge < -0.3 is 19.5 Å². The molecule has 1 amide bonds. The smallest absolute Gasteiger partial charge is 0.260 e. The molecule has 0 aromatic heterocycles. The number of rotatable bonds is 6. The Hall–Kier alpha value is -2.34. The van der Waals surface area contributed by atoms with Crippen LogP contribution >= 0.6 is 0 Å². The molecule has 1 saturated heterocycles. The van der Waals surface area contributed by atoms with Crippen LogP contribution in [0.25, 0.3) is 0 Å². The molecular formula is C19H22FNO4. The minimum absolute atomic E-state index is 0.0274. The molecule has 2 atom stereocenters. The summed E-state index contributed by atoms with van der Waals surface area (Å²) in [6.07, 6.45) is 4.96. The van der Waals surface area contributed by atoms with Gasteiger partial charge >= 0.3 is 0 Å². The highest BCUT2D eigenvalue weighted by Gasteiger charge is 2.29. The van der Waals surface area contributed by atoms with Gasteiger partial charge in [0.25, 0.3) is 5.91 Å². The van der Waals surface area contributed by atoms with Crippen molar-refractivity contribution in [1.82, 2.24) is 4.90 Å². The third kappa shape index (κ3) is 4.60.